The van der Waals surface area contributed by atoms with Gasteiger partial charge in [0.2, 0.25) is 6.79 Å². The smallest absolute Gasteiger partial charge is 0.428 e. The molecular formula is C9H16NO4. The van der Waals surface area contributed by atoms with Gasteiger partial charge in [0.25, 0.3) is 0 Å². The molecule has 81 valence electrons. The first-order valence-corrected chi connectivity index (χ1v) is 4.70. The zero-order valence-corrected chi connectivity index (χ0v) is 8.38. The van der Waals surface area contributed by atoms with Crippen molar-refractivity contribution >= 4 is 12.1 Å². The van der Waals surface area contributed by atoms with Crippen LogP contribution in [0, 0.1) is 0 Å². The molecule has 0 spiro atoms. The molecule has 0 saturated heterocycles. The Balaban J connectivity index is 3.24. The van der Waals surface area contributed by atoms with Gasteiger partial charge in [0.05, 0.1) is 0 Å². The summed E-state index contributed by atoms with van der Waals surface area (Å²) in [5, 5.41) is 0. The van der Waals surface area contributed by atoms with Gasteiger partial charge >= 0.3 is 12.1 Å². The van der Waals surface area contributed by atoms with Gasteiger partial charge in [0.15, 0.2) is 0 Å². The van der Waals surface area contributed by atoms with Crippen molar-refractivity contribution in [2.24, 2.45) is 0 Å². The number of amides is 1. The zero-order chi connectivity index (χ0) is 10.8. The number of carbonyl (C=O) groups excluding carboxylic acids is 2. The molecule has 0 bridgehead atoms. The van der Waals surface area contributed by atoms with Gasteiger partial charge in [-0.05, 0) is 6.42 Å². The van der Waals surface area contributed by atoms with Gasteiger partial charge in [-0.1, -0.05) is 26.2 Å². The molecule has 0 unspecified atom stereocenters. The highest BCUT2D eigenvalue weighted by molar-refractivity contribution is 5.69. The van der Waals surface area contributed by atoms with Crippen LogP contribution >= 0.6 is 0 Å². The molecular weight excluding hydrogens is 186 g/mol. The molecule has 0 fully saturated rings. The molecule has 1 amide bonds. The standard InChI is InChI=1S/C9H16NO4/c1-2-3-4-5-6-8(11)13-7-14-9(10)12/h10H,2-7H2,1H3. The number of rotatable bonds is 7. The molecule has 5 heteroatoms. The lowest BCUT2D eigenvalue weighted by atomic mass is 10.2. The van der Waals surface area contributed by atoms with Crippen LogP contribution in [-0.2, 0) is 14.3 Å². The third-order valence-electron chi connectivity index (χ3n) is 1.64. The van der Waals surface area contributed by atoms with Crippen LogP contribution in [0.1, 0.15) is 39.0 Å². The average Bonchev–Trinajstić information content (AvgIpc) is 2.12. The van der Waals surface area contributed by atoms with E-state index in [4.69, 9.17) is 5.73 Å². The molecule has 0 atom stereocenters. The Hall–Kier alpha value is -1.26. The maximum absolute atomic E-state index is 10.9. The van der Waals surface area contributed by atoms with Gasteiger partial charge in [0, 0.05) is 6.42 Å². The Morgan fingerprint density at radius 2 is 1.86 bits per heavy atom. The fourth-order valence-electron chi connectivity index (χ4n) is 0.917. The third-order valence-corrected chi connectivity index (χ3v) is 1.64. The van der Waals surface area contributed by atoms with Crippen LogP contribution in [-0.4, -0.2) is 18.9 Å². The first kappa shape index (κ1) is 12.7. The largest absolute Gasteiger partial charge is 0.429 e. The first-order chi connectivity index (χ1) is 6.66. The number of hydrogen-bond donors (Lipinski definition) is 0. The molecule has 0 aliphatic carbocycles. The lowest BCUT2D eigenvalue weighted by Gasteiger charge is -2.03. The van der Waals surface area contributed by atoms with Crippen molar-refractivity contribution in [3.05, 3.63) is 0 Å². The minimum Gasteiger partial charge on any atom is -0.428 e. The van der Waals surface area contributed by atoms with Crippen molar-refractivity contribution < 1.29 is 19.1 Å². The predicted octanol–water partition coefficient (Wildman–Crippen LogP) is 1.88. The fourth-order valence-corrected chi connectivity index (χ4v) is 0.917. The summed E-state index contributed by atoms with van der Waals surface area (Å²) in [6, 6.07) is 0. The van der Waals surface area contributed by atoms with Crippen molar-refractivity contribution in [1.82, 2.24) is 5.73 Å². The molecule has 0 saturated carbocycles. The minimum atomic E-state index is -1.19. The van der Waals surface area contributed by atoms with E-state index in [1.165, 1.54) is 0 Å². The molecule has 1 radical (unpaired) electrons. The van der Waals surface area contributed by atoms with Gasteiger partial charge in [-0.2, -0.15) is 0 Å². The molecule has 0 aromatic carbocycles. The fraction of sp³-hybridized carbons (Fsp3) is 0.778. The average molecular weight is 202 g/mol. The number of esters is 1. The Bertz CT molecular complexity index is 182. The van der Waals surface area contributed by atoms with Crippen LogP contribution in [0.3, 0.4) is 0 Å². The summed E-state index contributed by atoms with van der Waals surface area (Å²) in [5.74, 6) is -0.387. The van der Waals surface area contributed by atoms with Crippen LogP contribution in [0.25, 0.3) is 0 Å². The number of nitrogens with one attached hydrogen (secondary N) is 1. The van der Waals surface area contributed by atoms with Gasteiger partial charge in [0.1, 0.15) is 0 Å². The van der Waals surface area contributed by atoms with Crippen molar-refractivity contribution in [2.75, 3.05) is 6.79 Å². The summed E-state index contributed by atoms with van der Waals surface area (Å²) >= 11 is 0. The normalized spacial score (nSPS) is 9.50. The van der Waals surface area contributed by atoms with Crippen molar-refractivity contribution in [2.45, 2.75) is 39.0 Å². The molecule has 0 rings (SSSR count). The third kappa shape index (κ3) is 8.83. The summed E-state index contributed by atoms with van der Waals surface area (Å²) in [7, 11) is 0. The van der Waals surface area contributed by atoms with Gasteiger partial charge in [-0.3, -0.25) is 4.79 Å². The highest BCUT2D eigenvalue weighted by Gasteiger charge is 2.03. The number of unbranched alkanes of at least 4 members (excludes halogenated alkanes) is 3. The quantitative estimate of drug-likeness (QED) is 0.359. The Morgan fingerprint density at radius 3 is 2.43 bits per heavy atom. The number of hydrogen-bond acceptors (Lipinski definition) is 4. The Labute approximate surface area is 83.5 Å². The van der Waals surface area contributed by atoms with Crippen LogP contribution in [0.4, 0.5) is 4.79 Å². The van der Waals surface area contributed by atoms with Crippen molar-refractivity contribution in [3.8, 4) is 0 Å². The number of ether oxygens (including phenoxy) is 2. The van der Waals surface area contributed by atoms with Crippen molar-refractivity contribution in [1.29, 1.82) is 0 Å². The monoisotopic (exact) mass is 202 g/mol. The SMILES string of the molecule is CCCCCCC(=O)OCOC([NH])=O. The van der Waals surface area contributed by atoms with Gasteiger partial charge in [-0.25, -0.2) is 10.5 Å². The zero-order valence-electron chi connectivity index (χ0n) is 8.38. The lowest BCUT2D eigenvalue weighted by Crippen LogP contribution is -2.11. The maximum Gasteiger partial charge on any atom is 0.429 e. The van der Waals surface area contributed by atoms with Crippen LogP contribution in [0.2, 0.25) is 0 Å². The Kier molecular flexibility index (Phi) is 7.59. The van der Waals surface area contributed by atoms with E-state index in [-0.39, 0.29) is 5.97 Å². The van der Waals surface area contributed by atoms with Gasteiger partial charge in [-0.15, -0.1) is 0 Å². The van der Waals surface area contributed by atoms with E-state index in [1.54, 1.807) is 0 Å². The maximum atomic E-state index is 10.9. The second-order valence-electron chi connectivity index (χ2n) is 2.88. The Morgan fingerprint density at radius 1 is 1.14 bits per heavy atom. The van der Waals surface area contributed by atoms with E-state index in [1.807, 2.05) is 0 Å². The highest BCUT2D eigenvalue weighted by atomic mass is 16.7. The van der Waals surface area contributed by atoms with Crippen LogP contribution in [0.5, 0.6) is 0 Å². The summed E-state index contributed by atoms with van der Waals surface area (Å²) in [5.41, 5.74) is 6.36. The van der Waals surface area contributed by atoms with E-state index in [0.29, 0.717) is 6.42 Å². The van der Waals surface area contributed by atoms with E-state index < -0.39 is 12.9 Å². The van der Waals surface area contributed by atoms with E-state index in [9.17, 15) is 9.59 Å². The summed E-state index contributed by atoms with van der Waals surface area (Å²) < 4.78 is 8.66. The van der Waals surface area contributed by atoms with E-state index in [2.05, 4.69) is 16.4 Å². The summed E-state index contributed by atoms with van der Waals surface area (Å²) in [4.78, 5) is 20.9. The molecule has 1 N–H and O–H groups in total. The molecule has 5 nitrogen and oxygen atoms in total. The summed E-state index contributed by atoms with van der Waals surface area (Å²) in [6.45, 7) is 1.64. The summed E-state index contributed by atoms with van der Waals surface area (Å²) in [6.07, 6.45) is 3.17. The molecule has 0 aromatic heterocycles. The van der Waals surface area contributed by atoms with E-state index >= 15 is 0 Å². The molecule has 0 aromatic rings. The van der Waals surface area contributed by atoms with Crippen LogP contribution in [0.15, 0.2) is 0 Å². The second kappa shape index (κ2) is 8.34. The number of carbonyl (C=O) groups is 2. The van der Waals surface area contributed by atoms with Crippen molar-refractivity contribution in [3.63, 3.8) is 0 Å². The predicted molar refractivity (Wildman–Crippen MR) is 49.3 cm³/mol. The van der Waals surface area contributed by atoms with Crippen LogP contribution < -0.4 is 5.73 Å². The second-order valence-corrected chi connectivity index (χ2v) is 2.88. The lowest BCUT2D eigenvalue weighted by molar-refractivity contribution is -0.151. The molecule has 0 aliphatic heterocycles. The van der Waals surface area contributed by atoms with Gasteiger partial charge < -0.3 is 9.47 Å². The highest BCUT2D eigenvalue weighted by Crippen LogP contribution is 2.03. The molecule has 14 heavy (non-hydrogen) atoms. The molecule has 0 heterocycles. The molecule has 0 aliphatic rings. The first-order valence-electron chi connectivity index (χ1n) is 4.70. The minimum absolute atomic E-state index is 0.343. The van der Waals surface area contributed by atoms with E-state index in [0.717, 1.165) is 25.7 Å². The topological polar surface area (TPSA) is 76.4 Å².